The maximum atomic E-state index is 12.4. The van der Waals surface area contributed by atoms with Crippen LogP contribution in [-0.4, -0.2) is 42.0 Å². The number of hydrogen-bond donors (Lipinski definition) is 2. The fourth-order valence-electron chi connectivity index (χ4n) is 2.97. The Morgan fingerprint density at radius 3 is 3.04 bits per heavy atom. The van der Waals surface area contributed by atoms with Crippen LogP contribution in [0.1, 0.15) is 28.3 Å². The van der Waals surface area contributed by atoms with Gasteiger partial charge in [-0.15, -0.1) is 11.3 Å². The molecule has 3 heterocycles. The average Bonchev–Trinajstić information content (AvgIpc) is 3.09. The monoisotopic (exact) mass is 344 g/mol. The molecule has 1 saturated heterocycles. The lowest BCUT2D eigenvalue weighted by atomic mass is 10.1. The fraction of sp³-hybridized carbons (Fsp3) is 0.444. The minimum absolute atomic E-state index is 0.0808. The zero-order valence-corrected chi connectivity index (χ0v) is 14.8. The van der Waals surface area contributed by atoms with Crippen molar-refractivity contribution in [3.8, 4) is 0 Å². The van der Waals surface area contributed by atoms with Crippen molar-refractivity contribution in [1.82, 2.24) is 20.5 Å². The summed E-state index contributed by atoms with van der Waals surface area (Å²) in [4.78, 5) is 21.4. The van der Waals surface area contributed by atoms with Gasteiger partial charge in [0.2, 0.25) is 5.91 Å². The molecule has 1 amide bonds. The number of nitrogens with zero attached hydrogens (tertiary/aromatic N) is 2. The molecule has 6 heteroatoms. The maximum absolute atomic E-state index is 12.4. The van der Waals surface area contributed by atoms with E-state index in [2.05, 4.69) is 45.6 Å². The third-order valence-corrected chi connectivity index (χ3v) is 5.53. The van der Waals surface area contributed by atoms with E-state index >= 15 is 0 Å². The van der Waals surface area contributed by atoms with E-state index in [9.17, 15) is 4.79 Å². The van der Waals surface area contributed by atoms with E-state index in [1.165, 1.54) is 9.75 Å². The first-order chi connectivity index (χ1) is 11.8. The average molecular weight is 344 g/mol. The molecular weight excluding hydrogens is 320 g/mol. The summed E-state index contributed by atoms with van der Waals surface area (Å²) in [5.41, 5.74) is 1.16. The number of piperazine rings is 1. The topological polar surface area (TPSA) is 57.3 Å². The molecule has 5 nitrogen and oxygen atoms in total. The summed E-state index contributed by atoms with van der Waals surface area (Å²) in [6.45, 7) is 5.82. The van der Waals surface area contributed by atoms with Crippen LogP contribution >= 0.6 is 11.3 Å². The number of amides is 1. The maximum Gasteiger partial charge on any atom is 0.234 e. The van der Waals surface area contributed by atoms with E-state index < -0.39 is 0 Å². The van der Waals surface area contributed by atoms with Gasteiger partial charge in [0.15, 0.2) is 0 Å². The molecule has 0 radical (unpaired) electrons. The number of aromatic nitrogens is 1. The van der Waals surface area contributed by atoms with Gasteiger partial charge in [-0.3, -0.25) is 14.7 Å². The van der Waals surface area contributed by atoms with E-state index in [4.69, 9.17) is 0 Å². The molecule has 128 valence electrons. The molecule has 0 saturated carbocycles. The number of nitrogens with one attached hydrogen (secondary N) is 2. The highest BCUT2D eigenvalue weighted by atomic mass is 32.1. The lowest BCUT2D eigenvalue weighted by Gasteiger charge is -2.35. The molecule has 1 aliphatic heterocycles. The van der Waals surface area contributed by atoms with Crippen LogP contribution in [0.5, 0.6) is 0 Å². The van der Waals surface area contributed by atoms with Crippen molar-refractivity contribution in [2.45, 2.75) is 25.9 Å². The van der Waals surface area contributed by atoms with Crippen molar-refractivity contribution in [1.29, 1.82) is 0 Å². The van der Waals surface area contributed by atoms with Gasteiger partial charge in [0.05, 0.1) is 13.1 Å². The van der Waals surface area contributed by atoms with Crippen molar-refractivity contribution in [2.75, 3.05) is 26.2 Å². The van der Waals surface area contributed by atoms with E-state index in [0.29, 0.717) is 13.1 Å². The minimum Gasteiger partial charge on any atom is -0.350 e. The number of hydrogen-bond acceptors (Lipinski definition) is 5. The summed E-state index contributed by atoms with van der Waals surface area (Å²) < 4.78 is 0. The lowest BCUT2D eigenvalue weighted by molar-refractivity contribution is -0.123. The summed E-state index contributed by atoms with van der Waals surface area (Å²) in [6.07, 6.45) is 4.72. The van der Waals surface area contributed by atoms with Crippen LogP contribution < -0.4 is 10.6 Å². The summed E-state index contributed by atoms with van der Waals surface area (Å²) >= 11 is 1.77. The van der Waals surface area contributed by atoms with Gasteiger partial charge in [-0.25, -0.2) is 0 Å². The first-order valence-corrected chi connectivity index (χ1v) is 9.27. The van der Waals surface area contributed by atoms with Crippen LogP contribution in [-0.2, 0) is 17.8 Å². The standard InChI is InChI=1S/C18H24N4OS/c1-2-15-5-6-16(24-15)11-21-18(23)13-22-9-8-20-12-17(22)14-4-3-7-19-10-14/h3-7,10,17,20H,2,8-9,11-13H2,1H3,(H,21,23). The van der Waals surface area contributed by atoms with Crippen molar-refractivity contribution < 1.29 is 4.79 Å². The molecule has 0 spiro atoms. The first kappa shape index (κ1) is 17.1. The molecule has 1 aliphatic rings. The highest BCUT2D eigenvalue weighted by Gasteiger charge is 2.25. The Bertz CT molecular complexity index is 658. The minimum atomic E-state index is 0.0808. The molecule has 2 aromatic rings. The second kappa shape index (κ2) is 8.37. The van der Waals surface area contributed by atoms with Gasteiger partial charge >= 0.3 is 0 Å². The van der Waals surface area contributed by atoms with Crippen LogP contribution in [0.3, 0.4) is 0 Å². The van der Waals surface area contributed by atoms with E-state index in [1.807, 2.05) is 12.3 Å². The predicted octanol–water partition coefficient (Wildman–Crippen LogP) is 1.97. The third-order valence-electron chi connectivity index (χ3n) is 4.30. The Morgan fingerprint density at radius 2 is 2.29 bits per heavy atom. The number of pyridine rings is 1. The van der Waals surface area contributed by atoms with Gasteiger partial charge < -0.3 is 10.6 Å². The smallest absolute Gasteiger partial charge is 0.234 e. The van der Waals surface area contributed by atoms with Gasteiger partial charge in [-0.05, 0) is 30.2 Å². The van der Waals surface area contributed by atoms with Gasteiger partial charge in [0.1, 0.15) is 0 Å². The van der Waals surface area contributed by atoms with Crippen molar-refractivity contribution in [3.63, 3.8) is 0 Å². The van der Waals surface area contributed by atoms with Gasteiger partial charge in [-0.1, -0.05) is 13.0 Å². The number of carbonyl (C=O) groups is 1. The normalized spacial score (nSPS) is 18.5. The van der Waals surface area contributed by atoms with Gasteiger partial charge in [0, 0.05) is 47.8 Å². The second-order valence-electron chi connectivity index (χ2n) is 5.98. The summed E-state index contributed by atoms with van der Waals surface area (Å²) in [5.74, 6) is 0.0808. The fourth-order valence-corrected chi connectivity index (χ4v) is 3.87. The molecule has 24 heavy (non-hydrogen) atoms. The lowest BCUT2D eigenvalue weighted by Crippen LogP contribution is -2.49. The van der Waals surface area contributed by atoms with Crippen molar-refractivity contribution >= 4 is 17.2 Å². The number of rotatable bonds is 6. The van der Waals surface area contributed by atoms with Crippen molar-refractivity contribution in [3.05, 3.63) is 52.0 Å². The number of thiophene rings is 1. The number of aryl methyl sites for hydroxylation is 1. The molecule has 2 N–H and O–H groups in total. The highest BCUT2D eigenvalue weighted by Crippen LogP contribution is 2.21. The van der Waals surface area contributed by atoms with Crippen LogP contribution in [0.2, 0.25) is 0 Å². The number of carbonyl (C=O) groups excluding carboxylic acids is 1. The van der Waals surface area contributed by atoms with E-state index in [-0.39, 0.29) is 11.9 Å². The Morgan fingerprint density at radius 1 is 1.42 bits per heavy atom. The van der Waals surface area contributed by atoms with Gasteiger partial charge in [0.25, 0.3) is 0 Å². The van der Waals surface area contributed by atoms with Crippen LogP contribution in [0, 0.1) is 0 Å². The first-order valence-electron chi connectivity index (χ1n) is 8.45. The Kier molecular flexibility index (Phi) is 5.96. The predicted molar refractivity (Wildman–Crippen MR) is 97.0 cm³/mol. The second-order valence-corrected chi connectivity index (χ2v) is 7.23. The molecule has 1 unspecified atom stereocenters. The molecule has 2 aromatic heterocycles. The summed E-state index contributed by atoms with van der Waals surface area (Å²) in [6, 6.07) is 8.47. The molecule has 0 aliphatic carbocycles. The Balaban J connectivity index is 1.55. The Labute approximate surface area is 147 Å². The summed E-state index contributed by atoms with van der Waals surface area (Å²) in [7, 11) is 0. The van der Waals surface area contributed by atoms with E-state index in [0.717, 1.165) is 31.6 Å². The van der Waals surface area contributed by atoms with Crippen LogP contribution in [0.25, 0.3) is 0 Å². The highest BCUT2D eigenvalue weighted by molar-refractivity contribution is 7.11. The Hall–Kier alpha value is -1.76. The SMILES string of the molecule is CCc1ccc(CNC(=O)CN2CCNCC2c2cccnc2)s1. The molecule has 1 fully saturated rings. The molecular formula is C18H24N4OS. The zero-order chi connectivity index (χ0) is 16.8. The summed E-state index contributed by atoms with van der Waals surface area (Å²) in [5, 5.41) is 6.45. The molecule has 1 atom stereocenters. The third kappa shape index (κ3) is 4.41. The van der Waals surface area contributed by atoms with Crippen LogP contribution in [0.4, 0.5) is 0 Å². The van der Waals surface area contributed by atoms with E-state index in [1.54, 1.807) is 17.5 Å². The van der Waals surface area contributed by atoms with Crippen LogP contribution in [0.15, 0.2) is 36.7 Å². The zero-order valence-electron chi connectivity index (χ0n) is 14.0. The molecule has 0 aromatic carbocycles. The molecule has 0 bridgehead atoms. The van der Waals surface area contributed by atoms with Gasteiger partial charge in [-0.2, -0.15) is 0 Å². The molecule has 3 rings (SSSR count). The van der Waals surface area contributed by atoms with Crippen molar-refractivity contribution in [2.24, 2.45) is 0 Å². The largest absolute Gasteiger partial charge is 0.350 e. The quantitative estimate of drug-likeness (QED) is 0.841.